The predicted octanol–water partition coefficient (Wildman–Crippen LogP) is 2.41. The van der Waals surface area contributed by atoms with E-state index in [0.29, 0.717) is 24.1 Å². The highest BCUT2D eigenvalue weighted by molar-refractivity contribution is 14.0. The topological polar surface area (TPSA) is 74.8 Å². The first-order chi connectivity index (χ1) is 12.2. The van der Waals surface area contributed by atoms with E-state index in [1.807, 2.05) is 18.2 Å². The van der Waals surface area contributed by atoms with Crippen molar-refractivity contribution in [3.8, 4) is 0 Å². The lowest BCUT2D eigenvalue weighted by Gasteiger charge is -2.42. The van der Waals surface area contributed by atoms with Crippen LogP contribution in [0.1, 0.15) is 36.0 Å². The van der Waals surface area contributed by atoms with Gasteiger partial charge in [0.1, 0.15) is 0 Å². The first kappa shape index (κ1) is 22.7. The van der Waals surface area contributed by atoms with E-state index in [1.54, 1.807) is 26.3 Å². The second-order valence-electron chi connectivity index (χ2n) is 6.57. The molecule has 1 aliphatic rings. The summed E-state index contributed by atoms with van der Waals surface area (Å²) in [4.78, 5) is 16.2. The van der Waals surface area contributed by atoms with Crippen LogP contribution in [0, 0.1) is 5.41 Å². The van der Waals surface area contributed by atoms with E-state index in [-0.39, 0.29) is 29.9 Å². The highest BCUT2D eigenvalue weighted by atomic mass is 127. The van der Waals surface area contributed by atoms with Crippen molar-refractivity contribution in [2.24, 2.45) is 10.4 Å². The Balaban J connectivity index is 0.00000338. The molecule has 1 fully saturated rings. The molecule has 26 heavy (non-hydrogen) atoms. The SMILES string of the molecule is CN=C(NCCNC(=O)c1ccccc1)NCC1(CCOC)CCC1.I. The average molecular weight is 474 g/mol. The Labute approximate surface area is 173 Å². The molecule has 0 bridgehead atoms. The number of carbonyl (C=O) groups is 1. The van der Waals surface area contributed by atoms with Crippen molar-refractivity contribution >= 4 is 35.8 Å². The van der Waals surface area contributed by atoms with Crippen molar-refractivity contribution < 1.29 is 9.53 Å². The molecule has 3 N–H and O–H groups in total. The molecule has 146 valence electrons. The Bertz CT molecular complexity index is 562. The number of amides is 1. The van der Waals surface area contributed by atoms with E-state index in [1.165, 1.54) is 19.3 Å². The molecule has 7 heteroatoms. The maximum absolute atomic E-state index is 12.0. The third-order valence-corrected chi connectivity index (χ3v) is 4.84. The minimum Gasteiger partial charge on any atom is -0.385 e. The number of guanidine groups is 1. The Hall–Kier alpha value is -1.35. The van der Waals surface area contributed by atoms with Gasteiger partial charge in [-0.1, -0.05) is 24.6 Å². The Morgan fingerprint density at radius 1 is 1.15 bits per heavy atom. The summed E-state index contributed by atoms with van der Waals surface area (Å²) in [6, 6.07) is 9.23. The third-order valence-electron chi connectivity index (χ3n) is 4.84. The fourth-order valence-corrected chi connectivity index (χ4v) is 3.05. The third kappa shape index (κ3) is 7.11. The summed E-state index contributed by atoms with van der Waals surface area (Å²) in [5.41, 5.74) is 1.02. The molecule has 0 radical (unpaired) electrons. The van der Waals surface area contributed by atoms with Crippen molar-refractivity contribution in [1.82, 2.24) is 16.0 Å². The van der Waals surface area contributed by atoms with Crippen LogP contribution < -0.4 is 16.0 Å². The van der Waals surface area contributed by atoms with Crippen LogP contribution >= 0.6 is 24.0 Å². The number of aliphatic imine (C=N–C) groups is 1. The monoisotopic (exact) mass is 474 g/mol. The number of hydrogen-bond donors (Lipinski definition) is 3. The minimum atomic E-state index is -0.0571. The van der Waals surface area contributed by atoms with Gasteiger partial charge in [-0.3, -0.25) is 9.79 Å². The van der Waals surface area contributed by atoms with Gasteiger partial charge in [0.2, 0.25) is 0 Å². The second-order valence-corrected chi connectivity index (χ2v) is 6.57. The molecule has 0 unspecified atom stereocenters. The molecule has 1 aromatic carbocycles. The van der Waals surface area contributed by atoms with Gasteiger partial charge in [-0.05, 0) is 36.8 Å². The lowest BCUT2D eigenvalue weighted by molar-refractivity contribution is 0.0732. The van der Waals surface area contributed by atoms with Crippen LogP contribution in [0.4, 0.5) is 0 Å². The molecular formula is C19H31IN4O2. The number of benzene rings is 1. The zero-order valence-corrected chi connectivity index (χ0v) is 18.0. The van der Waals surface area contributed by atoms with Crippen LogP contribution in [-0.2, 0) is 4.74 Å². The van der Waals surface area contributed by atoms with E-state index in [9.17, 15) is 4.79 Å². The van der Waals surface area contributed by atoms with E-state index < -0.39 is 0 Å². The molecule has 0 aliphatic heterocycles. The van der Waals surface area contributed by atoms with Crippen LogP contribution in [0.3, 0.4) is 0 Å². The highest BCUT2D eigenvalue weighted by Crippen LogP contribution is 2.43. The van der Waals surface area contributed by atoms with E-state index >= 15 is 0 Å². The van der Waals surface area contributed by atoms with Crippen LogP contribution in [0.5, 0.6) is 0 Å². The zero-order valence-electron chi connectivity index (χ0n) is 15.7. The van der Waals surface area contributed by atoms with Gasteiger partial charge >= 0.3 is 0 Å². The van der Waals surface area contributed by atoms with Gasteiger partial charge in [-0.15, -0.1) is 24.0 Å². The first-order valence-electron chi connectivity index (χ1n) is 8.96. The van der Waals surface area contributed by atoms with Gasteiger partial charge in [0.15, 0.2) is 5.96 Å². The number of hydrogen-bond acceptors (Lipinski definition) is 3. The molecule has 0 saturated heterocycles. The molecule has 6 nitrogen and oxygen atoms in total. The van der Waals surface area contributed by atoms with Crippen LogP contribution in [-0.4, -0.2) is 52.3 Å². The van der Waals surface area contributed by atoms with Gasteiger partial charge in [0, 0.05) is 46.0 Å². The van der Waals surface area contributed by atoms with Crippen LogP contribution in [0.15, 0.2) is 35.3 Å². The van der Waals surface area contributed by atoms with Crippen LogP contribution in [0.25, 0.3) is 0 Å². The summed E-state index contributed by atoms with van der Waals surface area (Å²) in [5, 5.41) is 9.56. The van der Waals surface area contributed by atoms with Crippen molar-refractivity contribution in [3.05, 3.63) is 35.9 Å². The fourth-order valence-electron chi connectivity index (χ4n) is 3.05. The van der Waals surface area contributed by atoms with Gasteiger partial charge in [-0.25, -0.2) is 0 Å². The summed E-state index contributed by atoms with van der Waals surface area (Å²) in [6.45, 7) is 2.89. The van der Waals surface area contributed by atoms with Gasteiger partial charge in [0.25, 0.3) is 5.91 Å². The Morgan fingerprint density at radius 2 is 1.85 bits per heavy atom. The van der Waals surface area contributed by atoms with Crippen LogP contribution in [0.2, 0.25) is 0 Å². The maximum Gasteiger partial charge on any atom is 0.251 e. The predicted molar refractivity (Wildman–Crippen MR) is 116 cm³/mol. The molecule has 0 heterocycles. The Kier molecular flexibility index (Phi) is 10.6. The zero-order chi connectivity index (χ0) is 18.0. The van der Waals surface area contributed by atoms with Crippen molar-refractivity contribution in [3.63, 3.8) is 0 Å². The first-order valence-corrected chi connectivity index (χ1v) is 8.96. The molecule has 1 aliphatic carbocycles. The lowest BCUT2D eigenvalue weighted by atomic mass is 9.67. The number of halogens is 1. The standard InChI is InChI=1S/C19H30N4O2.HI/c1-20-18(23-15-19(9-6-10-19)11-14-25-2)22-13-12-21-17(24)16-7-4-3-5-8-16;/h3-5,7-8H,6,9-15H2,1-2H3,(H,21,24)(H2,20,22,23);1H. The number of ether oxygens (including phenoxy) is 1. The maximum atomic E-state index is 12.0. The number of carbonyl (C=O) groups excluding carboxylic acids is 1. The smallest absolute Gasteiger partial charge is 0.251 e. The van der Waals surface area contributed by atoms with Crippen molar-refractivity contribution in [1.29, 1.82) is 0 Å². The van der Waals surface area contributed by atoms with E-state index in [0.717, 1.165) is 25.5 Å². The molecule has 0 spiro atoms. The summed E-state index contributed by atoms with van der Waals surface area (Å²) >= 11 is 0. The number of methoxy groups -OCH3 is 1. The second kappa shape index (κ2) is 12.1. The molecule has 1 saturated carbocycles. The number of nitrogens with zero attached hydrogens (tertiary/aromatic N) is 1. The average Bonchev–Trinajstić information content (AvgIpc) is 2.62. The molecule has 0 aromatic heterocycles. The normalized spacial score (nSPS) is 15.4. The quantitative estimate of drug-likeness (QED) is 0.223. The molecule has 2 rings (SSSR count). The highest BCUT2D eigenvalue weighted by Gasteiger charge is 2.36. The molecule has 0 atom stereocenters. The summed E-state index contributed by atoms with van der Waals surface area (Å²) in [6.07, 6.45) is 4.87. The Morgan fingerprint density at radius 3 is 2.42 bits per heavy atom. The summed E-state index contributed by atoms with van der Waals surface area (Å²) in [5.74, 6) is 0.719. The van der Waals surface area contributed by atoms with E-state index in [2.05, 4.69) is 20.9 Å². The number of nitrogens with one attached hydrogen (secondary N) is 3. The largest absolute Gasteiger partial charge is 0.385 e. The van der Waals surface area contributed by atoms with Gasteiger partial charge in [0.05, 0.1) is 0 Å². The van der Waals surface area contributed by atoms with E-state index in [4.69, 9.17) is 4.74 Å². The van der Waals surface area contributed by atoms with Gasteiger partial charge < -0.3 is 20.7 Å². The minimum absolute atomic E-state index is 0. The molecule has 1 aromatic rings. The van der Waals surface area contributed by atoms with Crippen molar-refractivity contribution in [2.45, 2.75) is 25.7 Å². The van der Waals surface area contributed by atoms with Gasteiger partial charge in [-0.2, -0.15) is 0 Å². The summed E-state index contributed by atoms with van der Waals surface area (Å²) in [7, 11) is 3.52. The fraction of sp³-hybridized carbons (Fsp3) is 0.579. The molecular weight excluding hydrogens is 443 g/mol. The number of rotatable bonds is 9. The van der Waals surface area contributed by atoms with Crippen molar-refractivity contribution in [2.75, 3.05) is 40.4 Å². The summed E-state index contributed by atoms with van der Waals surface area (Å²) < 4.78 is 5.23. The molecule has 1 amide bonds. The lowest BCUT2D eigenvalue weighted by Crippen LogP contribution is -2.48.